The number of anilines is 1. The molecule has 1 aromatic heterocycles. The molecule has 1 heterocycles. The number of hydrogen-bond acceptors (Lipinski definition) is 4. The maximum atomic E-state index is 13.3. The maximum Gasteiger partial charge on any atom is 0.262 e. The minimum atomic E-state index is -4.06. The zero-order valence-corrected chi connectivity index (χ0v) is 16.1. The molecule has 150 valence electrons. The number of aromatic nitrogens is 1. The average Bonchev–Trinajstić information content (AvgIpc) is 2.68. The van der Waals surface area contributed by atoms with Crippen molar-refractivity contribution in [3.05, 3.63) is 89.2 Å². The van der Waals surface area contributed by atoms with Gasteiger partial charge in [0.05, 0.1) is 17.4 Å². The summed E-state index contributed by atoms with van der Waals surface area (Å²) >= 11 is 0. The summed E-state index contributed by atoms with van der Waals surface area (Å²) in [6.07, 6.45) is 2.94. The number of halogens is 2. The van der Waals surface area contributed by atoms with Crippen molar-refractivity contribution in [1.29, 1.82) is 0 Å². The summed E-state index contributed by atoms with van der Waals surface area (Å²) in [5, 5.41) is 2.51. The monoisotopic (exact) mass is 417 g/mol. The first-order chi connectivity index (χ1) is 13.8. The van der Waals surface area contributed by atoms with Crippen molar-refractivity contribution >= 4 is 21.6 Å². The third-order valence-corrected chi connectivity index (χ3v) is 5.42. The van der Waals surface area contributed by atoms with E-state index in [1.807, 2.05) is 0 Å². The van der Waals surface area contributed by atoms with Gasteiger partial charge in [0.25, 0.3) is 15.9 Å². The normalized spacial score (nSPS) is 11.1. The Bertz CT molecular complexity index is 1170. The van der Waals surface area contributed by atoms with Gasteiger partial charge in [-0.05, 0) is 48.4 Å². The van der Waals surface area contributed by atoms with Gasteiger partial charge in [0.1, 0.15) is 4.90 Å². The molecular weight excluding hydrogens is 400 g/mol. The highest BCUT2D eigenvalue weighted by Crippen LogP contribution is 2.20. The van der Waals surface area contributed by atoms with Crippen LogP contribution in [0.4, 0.5) is 14.5 Å². The quantitative estimate of drug-likeness (QED) is 0.644. The second kappa shape index (κ2) is 8.36. The van der Waals surface area contributed by atoms with E-state index in [0.29, 0.717) is 5.56 Å². The lowest BCUT2D eigenvalue weighted by molar-refractivity contribution is 0.0947. The molecule has 0 saturated heterocycles. The molecule has 0 aliphatic rings. The molecule has 3 rings (SSSR count). The van der Waals surface area contributed by atoms with E-state index in [0.717, 1.165) is 17.7 Å². The number of aryl methyl sites for hydroxylation is 1. The Morgan fingerprint density at radius 1 is 1.03 bits per heavy atom. The third kappa shape index (κ3) is 4.94. The smallest absolute Gasteiger partial charge is 0.262 e. The lowest BCUT2D eigenvalue weighted by Crippen LogP contribution is -2.26. The first kappa shape index (κ1) is 20.4. The van der Waals surface area contributed by atoms with E-state index in [2.05, 4.69) is 15.0 Å². The van der Waals surface area contributed by atoms with Crippen LogP contribution in [0, 0.1) is 18.6 Å². The van der Waals surface area contributed by atoms with Crippen molar-refractivity contribution in [1.82, 2.24) is 10.3 Å². The van der Waals surface area contributed by atoms with E-state index in [4.69, 9.17) is 0 Å². The number of carbonyl (C=O) groups is 1. The molecule has 0 spiro atoms. The first-order valence-electron chi connectivity index (χ1n) is 8.52. The second-order valence-electron chi connectivity index (χ2n) is 6.28. The zero-order chi connectivity index (χ0) is 21.0. The molecule has 1 amide bonds. The van der Waals surface area contributed by atoms with E-state index in [-0.39, 0.29) is 22.7 Å². The number of pyridine rings is 1. The molecule has 29 heavy (non-hydrogen) atoms. The minimum Gasteiger partial charge on any atom is -0.348 e. The maximum absolute atomic E-state index is 13.3. The average molecular weight is 417 g/mol. The van der Waals surface area contributed by atoms with Gasteiger partial charge in [-0.15, -0.1) is 0 Å². The highest BCUT2D eigenvalue weighted by Gasteiger charge is 2.22. The van der Waals surface area contributed by atoms with E-state index in [9.17, 15) is 22.0 Å². The van der Waals surface area contributed by atoms with Crippen LogP contribution in [-0.4, -0.2) is 19.3 Å². The van der Waals surface area contributed by atoms with Gasteiger partial charge in [0.15, 0.2) is 11.6 Å². The van der Waals surface area contributed by atoms with Crippen LogP contribution >= 0.6 is 0 Å². The number of nitrogens with one attached hydrogen (secondary N) is 2. The molecule has 0 aliphatic carbocycles. The number of nitrogens with zero attached hydrogens (tertiary/aromatic N) is 1. The summed E-state index contributed by atoms with van der Waals surface area (Å²) in [7, 11) is -4.06. The Kier molecular flexibility index (Phi) is 5.88. The largest absolute Gasteiger partial charge is 0.348 e. The van der Waals surface area contributed by atoms with Crippen LogP contribution in [0.5, 0.6) is 0 Å². The van der Waals surface area contributed by atoms with Crippen LogP contribution in [-0.2, 0) is 16.6 Å². The van der Waals surface area contributed by atoms with Gasteiger partial charge in [0, 0.05) is 12.7 Å². The fraction of sp³-hybridized carbons (Fsp3) is 0.100. The van der Waals surface area contributed by atoms with Crippen molar-refractivity contribution in [2.24, 2.45) is 0 Å². The fourth-order valence-electron chi connectivity index (χ4n) is 2.64. The van der Waals surface area contributed by atoms with Crippen molar-refractivity contribution in [2.75, 3.05) is 4.72 Å². The molecule has 0 unspecified atom stereocenters. The van der Waals surface area contributed by atoms with Crippen molar-refractivity contribution in [3.8, 4) is 0 Å². The van der Waals surface area contributed by atoms with Crippen LogP contribution in [0.2, 0.25) is 0 Å². The Balaban J connectivity index is 1.81. The number of benzene rings is 2. The minimum absolute atomic E-state index is 0.0804. The number of sulfonamides is 1. The number of amides is 1. The summed E-state index contributed by atoms with van der Waals surface area (Å²) in [6.45, 7) is 1.67. The van der Waals surface area contributed by atoms with Crippen LogP contribution in [0.25, 0.3) is 0 Å². The van der Waals surface area contributed by atoms with E-state index < -0.39 is 27.6 Å². The van der Waals surface area contributed by atoms with Crippen molar-refractivity contribution in [2.45, 2.75) is 18.4 Å². The fourth-order valence-corrected chi connectivity index (χ4v) is 3.88. The SMILES string of the molecule is Cc1cncc(NS(=O)(=O)c2ccccc2C(=O)NCc2ccc(F)c(F)c2)c1. The lowest BCUT2D eigenvalue weighted by atomic mass is 10.2. The highest BCUT2D eigenvalue weighted by molar-refractivity contribution is 7.92. The molecule has 2 N–H and O–H groups in total. The summed E-state index contributed by atoms with van der Waals surface area (Å²) < 4.78 is 54.3. The number of hydrogen-bond donors (Lipinski definition) is 2. The van der Waals surface area contributed by atoms with Gasteiger partial charge >= 0.3 is 0 Å². The Morgan fingerprint density at radius 3 is 2.52 bits per heavy atom. The number of rotatable bonds is 6. The molecule has 3 aromatic rings. The van der Waals surface area contributed by atoms with Crippen molar-refractivity contribution in [3.63, 3.8) is 0 Å². The molecule has 9 heteroatoms. The molecule has 0 bridgehead atoms. The van der Waals surface area contributed by atoms with Crippen molar-refractivity contribution < 1.29 is 22.0 Å². The standard InChI is InChI=1S/C20H17F2N3O3S/c1-13-8-15(12-23-10-13)25-29(27,28)19-5-3-2-4-16(19)20(26)24-11-14-6-7-17(21)18(22)9-14/h2-10,12,25H,11H2,1H3,(H,24,26). The molecule has 6 nitrogen and oxygen atoms in total. The van der Waals surface area contributed by atoms with Gasteiger partial charge in [-0.1, -0.05) is 18.2 Å². The van der Waals surface area contributed by atoms with E-state index in [1.54, 1.807) is 19.2 Å². The lowest BCUT2D eigenvalue weighted by Gasteiger charge is -2.13. The van der Waals surface area contributed by atoms with Gasteiger partial charge in [-0.2, -0.15) is 0 Å². The molecular formula is C20H17F2N3O3S. The molecule has 0 aliphatic heterocycles. The topological polar surface area (TPSA) is 88.2 Å². The van der Waals surface area contributed by atoms with Gasteiger partial charge < -0.3 is 5.32 Å². The highest BCUT2D eigenvalue weighted by atomic mass is 32.2. The Hall–Kier alpha value is -3.33. The van der Waals surface area contributed by atoms with Crippen LogP contribution in [0.1, 0.15) is 21.5 Å². The second-order valence-corrected chi connectivity index (χ2v) is 7.93. The summed E-state index contributed by atoms with van der Waals surface area (Å²) in [4.78, 5) is 16.3. The third-order valence-electron chi connectivity index (χ3n) is 3.99. The van der Waals surface area contributed by atoms with Crippen LogP contribution in [0.15, 0.2) is 65.8 Å². The van der Waals surface area contributed by atoms with E-state index >= 15 is 0 Å². The Morgan fingerprint density at radius 2 is 1.79 bits per heavy atom. The molecule has 0 fully saturated rings. The zero-order valence-electron chi connectivity index (χ0n) is 15.3. The van der Waals surface area contributed by atoms with E-state index in [1.165, 1.54) is 36.5 Å². The summed E-state index contributed by atoms with van der Waals surface area (Å²) in [5.41, 5.74) is 1.29. The molecule has 0 saturated carbocycles. The first-order valence-corrected chi connectivity index (χ1v) is 10.0. The number of carbonyl (C=O) groups excluding carboxylic acids is 1. The van der Waals surface area contributed by atoms with Crippen LogP contribution in [0.3, 0.4) is 0 Å². The van der Waals surface area contributed by atoms with Gasteiger partial charge in [-0.3, -0.25) is 14.5 Å². The predicted octanol–water partition coefficient (Wildman–Crippen LogP) is 3.40. The van der Waals surface area contributed by atoms with Gasteiger partial charge in [0.2, 0.25) is 0 Å². The molecule has 0 radical (unpaired) electrons. The van der Waals surface area contributed by atoms with Crippen LogP contribution < -0.4 is 10.0 Å². The molecule has 2 aromatic carbocycles. The Labute approximate surface area is 166 Å². The molecule has 0 atom stereocenters. The van der Waals surface area contributed by atoms with Gasteiger partial charge in [-0.25, -0.2) is 17.2 Å². The predicted molar refractivity (Wildman–Crippen MR) is 104 cm³/mol. The summed E-state index contributed by atoms with van der Waals surface area (Å²) in [5.74, 6) is -2.69. The summed E-state index contributed by atoms with van der Waals surface area (Å²) in [6, 6.07) is 10.5.